The molecule has 0 unspecified atom stereocenters. The Hall–Kier alpha value is -3.27. The van der Waals surface area contributed by atoms with Gasteiger partial charge in [0.1, 0.15) is 11.3 Å². The van der Waals surface area contributed by atoms with Crippen molar-refractivity contribution in [2.75, 3.05) is 19.0 Å². The van der Waals surface area contributed by atoms with Gasteiger partial charge in [-0.1, -0.05) is 82.1 Å². The molecule has 0 saturated heterocycles. The Balaban J connectivity index is 1.39. The van der Waals surface area contributed by atoms with Crippen LogP contribution < -0.4 is 4.90 Å². The monoisotopic (exact) mass is 527 g/mol. The molecular weight excluding hydrogens is 506 g/mol. The third-order valence-electron chi connectivity index (χ3n) is 5.83. The first kappa shape index (κ1) is 22.5. The third kappa shape index (κ3) is 4.82. The predicted molar refractivity (Wildman–Crippen MR) is 149 cm³/mol. The maximum Gasteiger partial charge on any atom is 0.136 e. The van der Waals surface area contributed by atoms with Crippen LogP contribution in [-0.2, 0) is 0 Å². The van der Waals surface area contributed by atoms with Crippen LogP contribution in [0, 0.1) is 0 Å². The van der Waals surface area contributed by atoms with Gasteiger partial charge in [-0.25, -0.2) is 0 Å². The molecule has 5 rings (SSSR count). The van der Waals surface area contributed by atoms with E-state index in [1.54, 1.807) is 0 Å². The molecule has 168 valence electrons. The quantitative estimate of drug-likeness (QED) is 0.211. The van der Waals surface area contributed by atoms with Gasteiger partial charge in [0, 0.05) is 40.2 Å². The second-order valence-electron chi connectivity index (χ2n) is 8.43. The van der Waals surface area contributed by atoms with Gasteiger partial charge >= 0.3 is 0 Å². The second-order valence-corrected chi connectivity index (χ2v) is 9.72. The van der Waals surface area contributed by atoms with Crippen molar-refractivity contribution in [2.24, 2.45) is 0 Å². The van der Waals surface area contributed by atoms with Crippen molar-refractivity contribution in [2.45, 2.75) is 0 Å². The molecule has 0 spiro atoms. The fraction of sp³-hybridized carbons (Fsp3) is 0.0667. The molecule has 0 N–H and O–H groups in total. The fourth-order valence-electron chi connectivity index (χ4n) is 3.90. The van der Waals surface area contributed by atoms with Crippen LogP contribution in [0.2, 0.25) is 5.02 Å². The molecule has 0 saturated carbocycles. The second kappa shape index (κ2) is 9.54. The molecule has 34 heavy (non-hydrogen) atoms. The molecule has 0 atom stereocenters. The number of nitrogens with zero attached hydrogens (tertiary/aromatic N) is 1. The van der Waals surface area contributed by atoms with Crippen molar-refractivity contribution in [3.05, 3.63) is 112 Å². The van der Waals surface area contributed by atoms with Gasteiger partial charge < -0.3 is 9.32 Å². The van der Waals surface area contributed by atoms with E-state index in [1.807, 2.05) is 38.4 Å². The minimum atomic E-state index is 0.732. The molecule has 0 aliphatic carbocycles. The van der Waals surface area contributed by atoms with Crippen molar-refractivity contribution in [1.29, 1.82) is 0 Å². The average Bonchev–Trinajstić information content (AvgIpc) is 3.26. The lowest BCUT2D eigenvalue weighted by Crippen LogP contribution is -2.07. The minimum Gasteiger partial charge on any atom is -0.456 e. The van der Waals surface area contributed by atoms with Gasteiger partial charge in [-0.05, 0) is 70.8 Å². The normalized spacial score (nSPS) is 11.4. The van der Waals surface area contributed by atoms with E-state index in [1.165, 1.54) is 11.3 Å². The average molecular weight is 529 g/mol. The van der Waals surface area contributed by atoms with Crippen molar-refractivity contribution in [3.8, 4) is 22.5 Å². The summed E-state index contributed by atoms with van der Waals surface area (Å²) in [6, 6.07) is 31.0. The molecular formula is C30H23BrClNO. The summed E-state index contributed by atoms with van der Waals surface area (Å²) in [5.41, 5.74) is 7.57. The Labute approximate surface area is 213 Å². The lowest BCUT2D eigenvalue weighted by molar-refractivity contribution is 0.631. The van der Waals surface area contributed by atoms with Crippen LogP contribution >= 0.6 is 27.5 Å². The SMILES string of the molecule is CN(C)c1ccc(/C=C/c2ccc(-c3cc4ccc(-c5ccc(Cl)cc5)cc4o3)c(Br)c2)cc1. The lowest BCUT2D eigenvalue weighted by atomic mass is 10.0. The molecule has 4 aromatic carbocycles. The molecule has 2 nitrogen and oxygen atoms in total. The van der Waals surface area contributed by atoms with Crippen LogP contribution in [0.4, 0.5) is 5.69 Å². The van der Waals surface area contributed by atoms with E-state index in [-0.39, 0.29) is 0 Å². The molecule has 1 heterocycles. The summed E-state index contributed by atoms with van der Waals surface area (Å²) >= 11 is 9.77. The van der Waals surface area contributed by atoms with Gasteiger partial charge in [-0.3, -0.25) is 0 Å². The van der Waals surface area contributed by atoms with Crippen molar-refractivity contribution < 1.29 is 4.42 Å². The summed E-state index contributed by atoms with van der Waals surface area (Å²) in [6.45, 7) is 0. The van der Waals surface area contributed by atoms with E-state index in [0.717, 1.165) is 48.5 Å². The number of benzene rings is 4. The summed E-state index contributed by atoms with van der Waals surface area (Å²) in [7, 11) is 4.09. The van der Waals surface area contributed by atoms with Gasteiger partial charge in [-0.15, -0.1) is 0 Å². The van der Waals surface area contributed by atoms with Crippen molar-refractivity contribution >= 4 is 56.3 Å². The highest BCUT2D eigenvalue weighted by Crippen LogP contribution is 2.35. The molecule has 4 heteroatoms. The van der Waals surface area contributed by atoms with E-state index in [4.69, 9.17) is 16.0 Å². The Bertz CT molecular complexity index is 1480. The van der Waals surface area contributed by atoms with Crippen LogP contribution in [0.15, 0.2) is 99.9 Å². The zero-order valence-corrected chi connectivity index (χ0v) is 21.3. The van der Waals surface area contributed by atoms with Crippen molar-refractivity contribution in [1.82, 2.24) is 0 Å². The number of furan rings is 1. The summed E-state index contributed by atoms with van der Waals surface area (Å²) in [5.74, 6) is 0.838. The van der Waals surface area contributed by atoms with Gasteiger partial charge in [0.2, 0.25) is 0 Å². The smallest absolute Gasteiger partial charge is 0.136 e. The Morgan fingerprint density at radius 2 is 1.41 bits per heavy atom. The molecule has 5 aromatic rings. The minimum absolute atomic E-state index is 0.732. The van der Waals surface area contributed by atoms with Crippen LogP contribution in [0.1, 0.15) is 11.1 Å². The largest absolute Gasteiger partial charge is 0.456 e. The van der Waals surface area contributed by atoms with Gasteiger partial charge in [0.25, 0.3) is 0 Å². The van der Waals surface area contributed by atoms with Gasteiger partial charge in [0.05, 0.1) is 0 Å². The maximum absolute atomic E-state index is 6.24. The fourth-order valence-corrected chi connectivity index (χ4v) is 4.61. The molecule has 0 fully saturated rings. The van der Waals surface area contributed by atoms with E-state index >= 15 is 0 Å². The molecule has 0 aliphatic heterocycles. The zero-order valence-electron chi connectivity index (χ0n) is 18.9. The number of hydrogen-bond acceptors (Lipinski definition) is 2. The van der Waals surface area contributed by atoms with Crippen LogP contribution in [0.5, 0.6) is 0 Å². The van der Waals surface area contributed by atoms with E-state index in [0.29, 0.717) is 0 Å². The Morgan fingerprint density at radius 1 is 0.735 bits per heavy atom. The number of rotatable bonds is 5. The van der Waals surface area contributed by atoms with Crippen LogP contribution in [0.25, 0.3) is 45.6 Å². The zero-order chi connectivity index (χ0) is 23.7. The molecule has 0 bridgehead atoms. The number of anilines is 1. The first-order chi connectivity index (χ1) is 16.5. The van der Waals surface area contributed by atoms with Crippen LogP contribution in [0.3, 0.4) is 0 Å². The van der Waals surface area contributed by atoms with Gasteiger partial charge in [0.15, 0.2) is 0 Å². The molecule has 1 aromatic heterocycles. The lowest BCUT2D eigenvalue weighted by Gasteiger charge is -2.11. The number of hydrogen-bond donors (Lipinski definition) is 0. The highest BCUT2D eigenvalue weighted by Gasteiger charge is 2.11. The first-order valence-electron chi connectivity index (χ1n) is 11.0. The predicted octanol–water partition coefficient (Wildman–Crippen LogP) is 9.42. The molecule has 0 amide bonds. The highest BCUT2D eigenvalue weighted by molar-refractivity contribution is 9.10. The summed E-state index contributed by atoms with van der Waals surface area (Å²) in [6.07, 6.45) is 4.25. The highest BCUT2D eigenvalue weighted by atomic mass is 79.9. The maximum atomic E-state index is 6.24. The van der Waals surface area contributed by atoms with Gasteiger partial charge in [-0.2, -0.15) is 0 Å². The number of halogens is 2. The standard InChI is InChI=1S/C30H23BrClNO/c1-33(2)26-14-5-20(6-15-26)3-4-21-7-16-27(28(31)17-21)30-19-24-9-8-23(18-29(24)34-30)22-10-12-25(32)13-11-22/h3-19H,1-2H3/b4-3+. The topological polar surface area (TPSA) is 16.4 Å². The van der Waals surface area contributed by atoms with E-state index in [9.17, 15) is 0 Å². The molecule has 0 aliphatic rings. The Morgan fingerprint density at radius 3 is 2.12 bits per heavy atom. The van der Waals surface area contributed by atoms with Crippen molar-refractivity contribution in [3.63, 3.8) is 0 Å². The van der Waals surface area contributed by atoms with E-state index < -0.39 is 0 Å². The van der Waals surface area contributed by atoms with E-state index in [2.05, 4.69) is 99.7 Å². The summed E-state index contributed by atoms with van der Waals surface area (Å²) in [5, 5.41) is 1.81. The number of fused-ring (bicyclic) bond motifs is 1. The molecule has 0 radical (unpaired) electrons. The van der Waals surface area contributed by atoms with Crippen LogP contribution in [-0.4, -0.2) is 14.1 Å². The third-order valence-corrected chi connectivity index (χ3v) is 6.74. The summed E-state index contributed by atoms with van der Waals surface area (Å²) < 4.78 is 7.24. The Kier molecular flexibility index (Phi) is 6.32. The first-order valence-corrected chi connectivity index (χ1v) is 12.2. The summed E-state index contributed by atoms with van der Waals surface area (Å²) in [4.78, 5) is 2.10.